The molecule has 6 aliphatic rings. The molecular weight excluding hydrogens is 692 g/mol. The van der Waals surface area contributed by atoms with Gasteiger partial charge in [0.05, 0.1) is 30.5 Å². The van der Waals surface area contributed by atoms with Gasteiger partial charge in [-0.2, -0.15) is 0 Å². The predicted octanol–water partition coefficient (Wildman–Crippen LogP) is 1.27. The summed E-state index contributed by atoms with van der Waals surface area (Å²) in [5.41, 5.74) is 5.58. The van der Waals surface area contributed by atoms with E-state index in [1.54, 1.807) is 6.92 Å². The topological polar surface area (TPSA) is 187 Å². The van der Waals surface area contributed by atoms with Gasteiger partial charge < -0.3 is 50.8 Å². The maximum atomic E-state index is 11.1. The molecule has 52 heavy (non-hydrogen) atoms. The number of Topliss-reactive ketones (excluding diaryl/α,β-unsaturated/α-hetero) is 2. The number of hydrogen-bond acceptors (Lipinski definition) is 13. The van der Waals surface area contributed by atoms with Crippen LogP contribution in [0.2, 0.25) is 0 Å². The van der Waals surface area contributed by atoms with Gasteiger partial charge in [0.15, 0.2) is 11.6 Å². The zero-order valence-corrected chi connectivity index (χ0v) is 31.7. The first-order chi connectivity index (χ1) is 23.7. The first-order valence-corrected chi connectivity index (χ1v) is 18.7. The van der Waals surface area contributed by atoms with Gasteiger partial charge in [-0.15, -0.1) is 0 Å². The van der Waals surface area contributed by atoms with Crippen LogP contribution in [0.4, 0.5) is 0 Å². The molecule has 1 amide bonds. The molecule has 6 saturated heterocycles. The average molecular weight is 765 g/mol. The minimum Gasteiger partial charge on any atom is -0.391 e. The summed E-state index contributed by atoms with van der Waals surface area (Å²) in [5, 5.41) is 24.6. The van der Waals surface area contributed by atoms with Crippen molar-refractivity contribution in [2.45, 2.75) is 117 Å². The Morgan fingerprint density at radius 1 is 0.808 bits per heavy atom. The number of carbonyl (C=O) groups excluding carboxylic acids is 4. The summed E-state index contributed by atoms with van der Waals surface area (Å²) in [6.45, 7) is 11.8. The van der Waals surface area contributed by atoms with Crippen LogP contribution in [-0.4, -0.2) is 171 Å². The molecule has 6 N–H and O–H groups in total. The molecule has 0 aromatic rings. The van der Waals surface area contributed by atoms with Crippen LogP contribution in [0.25, 0.3) is 0 Å². The smallest absolute Gasteiger partial charge is 0.221 e. The number of carbonyl (C=O) groups is 4. The molecule has 0 aromatic carbocycles. The van der Waals surface area contributed by atoms with Crippen LogP contribution < -0.4 is 16.4 Å². The molecule has 6 rings (SSSR count). The maximum Gasteiger partial charge on any atom is 0.221 e. The second-order valence-electron chi connectivity index (χ2n) is 14.4. The Bertz CT molecular complexity index is 1040. The summed E-state index contributed by atoms with van der Waals surface area (Å²) >= 11 is 4.82. The highest BCUT2D eigenvalue weighted by Gasteiger charge is 2.34. The highest BCUT2D eigenvalue weighted by Crippen LogP contribution is 2.26. The van der Waals surface area contributed by atoms with Crippen molar-refractivity contribution in [1.29, 1.82) is 0 Å². The van der Waals surface area contributed by atoms with E-state index in [0.717, 1.165) is 90.9 Å². The first kappa shape index (κ1) is 50.4. The fourth-order valence-electron chi connectivity index (χ4n) is 6.73. The molecule has 0 aromatic heterocycles. The van der Waals surface area contributed by atoms with Gasteiger partial charge in [0.2, 0.25) is 11.1 Å². The van der Waals surface area contributed by atoms with Crippen molar-refractivity contribution in [3.8, 4) is 0 Å². The van der Waals surface area contributed by atoms with E-state index >= 15 is 0 Å². The van der Waals surface area contributed by atoms with Gasteiger partial charge in [-0.1, -0.05) is 28.7 Å². The number of nitrogens with two attached hydrogens (primary N) is 1. The van der Waals surface area contributed by atoms with Gasteiger partial charge in [-0.25, -0.2) is 0 Å². The maximum absolute atomic E-state index is 11.1. The summed E-state index contributed by atoms with van der Waals surface area (Å²) in [4.78, 5) is 49.3. The summed E-state index contributed by atoms with van der Waals surface area (Å²) in [6.07, 6.45) is 6.14. The molecule has 8 atom stereocenters. The quantitative estimate of drug-likeness (QED) is 0.259. The molecule has 0 saturated carbocycles. The molecule has 306 valence electrons. The lowest BCUT2D eigenvalue weighted by molar-refractivity contribution is -0.140. The SMILES string of the molecule is C.C.CCC(=O)Cl.CCC(=O)NC1CN(C)CCC1O.CN1CCC(O)C(N)C1.CN1CCC2OCC(=O)CC2C1.O=C1COC2CCNCC2C1. The van der Waals surface area contributed by atoms with Gasteiger partial charge in [-0.3, -0.25) is 19.2 Å². The Kier molecular flexibility index (Phi) is 26.2. The second-order valence-corrected chi connectivity index (χ2v) is 14.8. The molecule has 0 spiro atoms. The molecule has 0 radical (unpaired) electrons. The number of piperidine rings is 4. The van der Waals surface area contributed by atoms with Crippen molar-refractivity contribution >= 4 is 34.3 Å². The van der Waals surface area contributed by atoms with Gasteiger partial charge >= 0.3 is 0 Å². The van der Waals surface area contributed by atoms with Crippen LogP contribution in [0.15, 0.2) is 0 Å². The van der Waals surface area contributed by atoms with E-state index in [9.17, 15) is 24.3 Å². The number of halogens is 1. The largest absolute Gasteiger partial charge is 0.391 e. The van der Waals surface area contributed by atoms with Crippen molar-refractivity contribution in [2.75, 3.05) is 86.7 Å². The number of ether oxygens (including phenoxy) is 2. The summed E-state index contributed by atoms with van der Waals surface area (Å²) in [7, 11) is 6.12. The Morgan fingerprint density at radius 3 is 1.85 bits per heavy atom. The molecule has 0 bridgehead atoms. The van der Waals surface area contributed by atoms with Crippen LogP contribution in [0.1, 0.15) is 80.1 Å². The molecule has 6 heterocycles. The lowest BCUT2D eigenvalue weighted by Gasteiger charge is -2.38. The fourth-order valence-corrected chi connectivity index (χ4v) is 6.73. The first-order valence-electron chi connectivity index (χ1n) is 18.3. The Hall–Kier alpha value is -1.59. The monoisotopic (exact) mass is 765 g/mol. The number of nitrogens with zero attached hydrogens (tertiary/aromatic N) is 3. The highest BCUT2D eigenvalue weighted by atomic mass is 35.5. The van der Waals surface area contributed by atoms with Crippen molar-refractivity contribution < 1.29 is 38.9 Å². The number of aliphatic hydroxyl groups is 2. The minimum atomic E-state index is -0.383. The van der Waals surface area contributed by atoms with E-state index in [2.05, 4.69) is 32.4 Å². The van der Waals surface area contributed by atoms with Gasteiger partial charge in [0.1, 0.15) is 13.2 Å². The Morgan fingerprint density at radius 2 is 1.31 bits per heavy atom. The molecule has 6 aliphatic heterocycles. The standard InChI is InChI=1S/C9H18N2O2.C9H15NO2.C8H13NO2.C6H14N2O.C3H5ClO.2CH4/c1-3-9(13)10-7-6-11(2)5-4-8(7)12;1-10-3-2-9-7(5-10)4-8(11)6-12-9;10-7-3-6-4-9-2-1-8(6)11-5-7;1-8-3-2-6(9)5(7)4-8;1-2-3(4)5;;/h7-8,12H,3-6H2,1-2H3,(H,10,13);7,9H,2-6H2,1H3;6,8-9H,1-5H2;5-6,9H,2-4,7H2,1H3;2H2,1H3;2*1H4. The van der Waals surface area contributed by atoms with Crippen LogP contribution in [0.3, 0.4) is 0 Å². The third-order valence-corrected chi connectivity index (χ3v) is 10.1. The van der Waals surface area contributed by atoms with E-state index in [4.69, 9.17) is 31.9 Å². The molecule has 14 nitrogen and oxygen atoms in total. The van der Waals surface area contributed by atoms with Gasteiger partial charge in [0, 0.05) is 89.4 Å². The third kappa shape index (κ3) is 19.7. The number of fused-ring (bicyclic) bond motifs is 2. The zero-order valence-electron chi connectivity index (χ0n) is 31.0. The van der Waals surface area contributed by atoms with Crippen molar-refractivity contribution in [1.82, 2.24) is 25.3 Å². The summed E-state index contributed by atoms with van der Waals surface area (Å²) in [5.74, 6) is 1.45. The van der Waals surface area contributed by atoms with Crippen LogP contribution in [0, 0.1) is 11.8 Å². The number of nitrogens with one attached hydrogen (secondary N) is 2. The predicted molar refractivity (Wildman–Crippen MR) is 206 cm³/mol. The normalized spacial score (nSPS) is 31.9. The number of ketones is 2. The van der Waals surface area contributed by atoms with Crippen LogP contribution in [-0.2, 0) is 28.7 Å². The van der Waals surface area contributed by atoms with E-state index < -0.39 is 0 Å². The number of hydrogen-bond donors (Lipinski definition) is 5. The van der Waals surface area contributed by atoms with E-state index in [0.29, 0.717) is 50.1 Å². The summed E-state index contributed by atoms with van der Waals surface area (Å²) in [6, 6.07) is -0.130. The molecule has 6 fully saturated rings. The van der Waals surface area contributed by atoms with E-state index in [1.165, 1.54) is 0 Å². The van der Waals surface area contributed by atoms with Gasteiger partial charge in [0.25, 0.3) is 0 Å². The number of amides is 1. The zero-order chi connectivity index (χ0) is 37.2. The number of aliphatic hydroxyl groups excluding tert-OH is 2. The van der Waals surface area contributed by atoms with Crippen molar-refractivity contribution in [2.24, 2.45) is 17.6 Å². The second kappa shape index (κ2) is 27.1. The number of likely N-dealkylation sites (N-methyl/N-ethyl adjacent to an activating group) is 2. The van der Waals surface area contributed by atoms with Crippen LogP contribution in [0.5, 0.6) is 0 Å². The lowest BCUT2D eigenvalue weighted by atomic mass is 9.88. The van der Waals surface area contributed by atoms with E-state index in [1.807, 2.05) is 21.0 Å². The third-order valence-electron chi connectivity index (χ3n) is 9.85. The average Bonchev–Trinajstić information content (AvgIpc) is 3.09. The molecule has 8 unspecified atom stereocenters. The molecular formula is C37H73ClN6O8. The molecule has 0 aliphatic carbocycles. The number of likely N-dealkylation sites (tertiary alicyclic amines) is 3. The lowest BCUT2D eigenvalue weighted by Crippen LogP contribution is -2.54. The van der Waals surface area contributed by atoms with Crippen LogP contribution >= 0.6 is 11.6 Å². The fraction of sp³-hybridized carbons (Fsp3) is 0.892. The van der Waals surface area contributed by atoms with Crippen molar-refractivity contribution in [3.05, 3.63) is 0 Å². The minimum absolute atomic E-state index is 0. The Balaban J connectivity index is 0.000000635. The molecule has 15 heteroatoms. The number of rotatable bonds is 3. The van der Waals surface area contributed by atoms with E-state index in [-0.39, 0.29) is 61.9 Å². The van der Waals surface area contributed by atoms with Gasteiger partial charge in [-0.05, 0) is 65.0 Å². The highest BCUT2D eigenvalue weighted by molar-refractivity contribution is 6.63. The van der Waals surface area contributed by atoms with Crippen molar-refractivity contribution in [3.63, 3.8) is 0 Å². The Labute approximate surface area is 318 Å². The summed E-state index contributed by atoms with van der Waals surface area (Å²) < 4.78 is 10.9.